The highest BCUT2D eigenvalue weighted by molar-refractivity contribution is 5.95. The van der Waals surface area contributed by atoms with Gasteiger partial charge in [-0.05, 0) is 36.6 Å². The third kappa shape index (κ3) is 5.89. The fourth-order valence-corrected chi connectivity index (χ4v) is 4.22. The van der Waals surface area contributed by atoms with E-state index in [0.29, 0.717) is 5.56 Å². The summed E-state index contributed by atoms with van der Waals surface area (Å²) in [5, 5.41) is 5.72. The van der Waals surface area contributed by atoms with Gasteiger partial charge in [-0.25, -0.2) is 0 Å². The molecule has 1 atom stereocenters. The molecule has 0 radical (unpaired) electrons. The van der Waals surface area contributed by atoms with Crippen LogP contribution in [0.1, 0.15) is 53.4 Å². The number of aromatic nitrogens is 1. The molecule has 0 saturated heterocycles. The molecule has 0 aliphatic heterocycles. The SMILES string of the molecule is O=C(NCC(=O)N(Cc1ccccc1)[C@@H](C(=O)NC1CCCC1)c1cccnc1)c1ccco1. The van der Waals surface area contributed by atoms with Crippen LogP contribution in [0.2, 0.25) is 0 Å². The number of amides is 3. The molecular weight excluding hydrogens is 432 g/mol. The first kappa shape index (κ1) is 23.2. The van der Waals surface area contributed by atoms with E-state index in [0.717, 1.165) is 31.2 Å². The van der Waals surface area contributed by atoms with Crippen molar-refractivity contribution in [2.24, 2.45) is 0 Å². The number of hydrogen-bond donors (Lipinski definition) is 2. The van der Waals surface area contributed by atoms with Crippen molar-refractivity contribution in [1.82, 2.24) is 20.5 Å². The Balaban J connectivity index is 1.60. The molecule has 2 aromatic heterocycles. The molecule has 34 heavy (non-hydrogen) atoms. The van der Waals surface area contributed by atoms with Gasteiger partial charge in [-0.15, -0.1) is 0 Å². The zero-order chi connectivity index (χ0) is 23.8. The van der Waals surface area contributed by atoms with Gasteiger partial charge in [0.15, 0.2) is 5.76 Å². The molecule has 1 fully saturated rings. The number of furan rings is 1. The fourth-order valence-electron chi connectivity index (χ4n) is 4.22. The summed E-state index contributed by atoms with van der Waals surface area (Å²) in [6.45, 7) is -0.0756. The van der Waals surface area contributed by atoms with Crippen molar-refractivity contribution in [2.45, 2.75) is 44.3 Å². The van der Waals surface area contributed by atoms with E-state index >= 15 is 0 Å². The predicted molar refractivity (Wildman–Crippen MR) is 125 cm³/mol. The molecule has 1 aromatic carbocycles. The molecule has 3 aromatic rings. The first-order chi connectivity index (χ1) is 16.6. The second kappa shape index (κ2) is 11.3. The van der Waals surface area contributed by atoms with Crippen LogP contribution in [0, 0.1) is 0 Å². The minimum Gasteiger partial charge on any atom is -0.459 e. The molecule has 4 rings (SSSR count). The molecule has 1 aliphatic rings. The highest BCUT2D eigenvalue weighted by Crippen LogP contribution is 2.25. The van der Waals surface area contributed by atoms with Crippen molar-refractivity contribution in [3.8, 4) is 0 Å². The minimum atomic E-state index is -0.887. The molecule has 3 amide bonds. The smallest absolute Gasteiger partial charge is 0.287 e. The highest BCUT2D eigenvalue weighted by atomic mass is 16.3. The van der Waals surface area contributed by atoms with E-state index < -0.39 is 11.9 Å². The topological polar surface area (TPSA) is 105 Å². The summed E-state index contributed by atoms with van der Waals surface area (Å²) in [7, 11) is 0. The lowest BCUT2D eigenvalue weighted by Crippen LogP contribution is -2.48. The molecule has 1 saturated carbocycles. The summed E-state index contributed by atoms with van der Waals surface area (Å²) in [5.41, 5.74) is 1.48. The van der Waals surface area contributed by atoms with Gasteiger partial charge >= 0.3 is 0 Å². The van der Waals surface area contributed by atoms with Crippen molar-refractivity contribution in [1.29, 1.82) is 0 Å². The Morgan fingerprint density at radius 2 is 1.82 bits per heavy atom. The second-order valence-electron chi connectivity index (χ2n) is 8.35. The lowest BCUT2D eigenvalue weighted by molar-refractivity contribution is -0.141. The van der Waals surface area contributed by atoms with Crippen LogP contribution in [0.15, 0.2) is 77.7 Å². The van der Waals surface area contributed by atoms with Crippen LogP contribution in [0.5, 0.6) is 0 Å². The molecule has 8 heteroatoms. The van der Waals surface area contributed by atoms with Crippen LogP contribution >= 0.6 is 0 Å². The Bertz CT molecular complexity index is 1080. The van der Waals surface area contributed by atoms with E-state index in [1.54, 1.807) is 30.6 Å². The summed E-state index contributed by atoms with van der Waals surface area (Å²) in [6, 6.07) is 15.3. The van der Waals surface area contributed by atoms with Gasteiger partial charge in [0.2, 0.25) is 11.8 Å². The summed E-state index contributed by atoms with van der Waals surface area (Å²) < 4.78 is 5.10. The van der Waals surface area contributed by atoms with Crippen LogP contribution in [0.4, 0.5) is 0 Å². The van der Waals surface area contributed by atoms with Gasteiger partial charge in [-0.3, -0.25) is 19.4 Å². The normalized spacial score (nSPS) is 14.4. The average Bonchev–Trinajstić information content (AvgIpc) is 3.58. The standard InChI is InChI=1S/C26H28N4O4/c31-23(17-28-25(32)22-13-7-15-34-22)30(18-19-8-2-1-3-9-19)24(20-10-6-14-27-16-20)26(33)29-21-11-4-5-12-21/h1-3,6-10,13-16,21,24H,4-5,11-12,17-18H2,(H,28,32)(H,29,33)/t24-/m1/s1. The molecule has 0 spiro atoms. The lowest BCUT2D eigenvalue weighted by atomic mass is 10.0. The molecule has 8 nitrogen and oxygen atoms in total. The Morgan fingerprint density at radius 3 is 2.50 bits per heavy atom. The minimum absolute atomic E-state index is 0.0963. The quantitative estimate of drug-likeness (QED) is 0.510. The largest absolute Gasteiger partial charge is 0.459 e. The maximum Gasteiger partial charge on any atom is 0.287 e. The third-order valence-corrected chi connectivity index (χ3v) is 5.92. The van der Waals surface area contributed by atoms with Gasteiger partial charge < -0.3 is 20.0 Å². The lowest BCUT2D eigenvalue weighted by Gasteiger charge is -2.32. The van der Waals surface area contributed by atoms with Crippen molar-refractivity contribution >= 4 is 17.7 Å². The second-order valence-corrected chi connectivity index (χ2v) is 8.35. The maximum absolute atomic E-state index is 13.5. The Hall–Kier alpha value is -3.94. The molecule has 2 N–H and O–H groups in total. The van der Waals surface area contributed by atoms with Crippen LogP contribution < -0.4 is 10.6 Å². The zero-order valence-electron chi connectivity index (χ0n) is 18.9. The number of carbonyl (C=O) groups excluding carboxylic acids is 3. The van der Waals surface area contributed by atoms with E-state index in [2.05, 4.69) is 15.6 Å². The van der Waals surface area contributed by atoms with E-state index in [4.69, 9.17) is 4.42 Å². The first-order valence-electron chi connectivity index (χ1n) is 11.5. The van der Waals surface area contributed by atoms with Gasteiger partial charge in [0.1, 0.15) is 6.04 Å². The van der Waals surface area contributed by atoms with Crippen LogP contribution in [0.25, 0.3) is 0 Å². The summed E-state index contributed by atoms with van der Waals surface area (Å²) in [5.74, 6) is -1.02. The number of nitrogens with zero attached hydrogens (tertiary/aromatic N) is 2. The van der Waals surface area contributed by atoms with Gasteiger partial charge in [0.25, 0.3) is 5.91 Å². The van der Waals surface area contributed by atoms with Crippen LogP contribution in [0.3, 0.4) is 0 Å². The van der Waals surface area contributed by atoms with Crippen LogP contribution in [-0.2, 0) is 16.1 Å². The van der Waals surface area contributed by atoms with Crippen LogP contribution in [-0.4, -0.2) is 40.2 Å². The average molecular weight is 461 g/mol. The van der Waals surface area contributed by atoms with Gasteiger partial charge in [0.05, 0.1) is 12.8 Å². The van der Waals surface area contributed by atoms with E-state index in [-0.39, 0.29) is 36.7 Å². The number of hydrogen-bond acceptors (Lipinski definition) is 5. The molecule has 0 bridgehead atoms. The molecule has 1 aliphatic carbocycles. The Labute approximate surface area is 198 Å². The molecular formula is C26H28N4O4. The monoisotopic (exact) mass is 460 g/mol. The van der Waals surface area contributed by atoms with Crippen molar-refractivity contribution < 1.29 is 18.8 Å². The molecule has 0 unspecified atom stereocenters. The number of pyridine rings is 1. The fraction of sp³-hybridized carbons (Fsp3) is 0.308. The summed E-state index contributed by atoms with van der Waals surface area (Å²) in [6.07, 6.45) is 8.63. The highest BCUT2D eigenvalue weighted by Gasteiger charge is 2.33. The number of rotatable bonds is 9. The Morgan fingerprint density at radius 1 is 1.03 bits per heavy atom. The number of carbonyl (C=O) groups is 3. The summed E-state index contributed by atoms with van der Waals surface area (Å²) >= 11 is 0. The molecule has 2 heterocycles. The van der Waals surface area contributed by atoms with Crippen molar-refractivity contribution in [2.75, 3.05) is 6.54 Å². The van der Waals surface area contributed by atoms with Gasteiger partial charge in [0, 0.05) is 30.5 Å². The van der Waals surface area contributed by atoms with Gasteiger partial charge in [-0.1, -0.05) is 49.2 Å². The molecule has 176 valence electrons. The summed E-state index contributed by atoms with van der Waals surface area (Å²) in [4.78, 5) is 45.0. The van der Waals surface area contributed by atoms with Gasteiger partial charge in [-0.2, -0.15) is 0 Å². The van der Waals surface area contributed by atoms with E-state index in [9.17, 15) is 14.4 Å². The zero-order valence-corrected chi connectivity index (χ0v) is 18.9. The first-order valence-corrected chi connectivity index (χ1v) is 11.5. The third-order valence-electron chi connectivity index (χ3n) is 5.92. The number of benzene rings is 1. The predicted octanol–water partition coefficient (Wildman–Crippen LogP) is 3.23. The van der Waals surface area contributed by atoms with Crippen molar-refractivity contribution in [3.63, 3.8) is 0 Å². The maximum atomic E-state index is 13.5. The number of nitrogens with one attached hydrogen (secondary N) is 2. The van der Waals surface area contributed by atoms with E-state index in [1.807, 2.05) is 30.3 Å². The van der Waals surface area contributed by atoms with Crippen molar-refractivity contribution in [3.05, 3.63) is 90.1 Å². The Kier molecular flexibility index (Phi) is 7.70. The van der Waals surface area contributed by atoms with E-state index in [1.165, 1.54) is 17.2 Å².